The van der Waals surface area contributed by atoms with Crippen molar-refractivity contribution in [2.45, 2.75) is 19.4 Å². The monoisotopic (exact) mass is 463 g/mol. The van der Waals surface area contributed by atoms with Crippen molar-refractivity contribution in [3.05, 3.63) is 105 Å². The molecule has 5 rings (SSSR count). The summed E-state index contributed by atoms with van der Waals surface area (Å²) in [5.74, 6) is -0.526. The van der Waals surface area contributed by atoms with E-state index in [0.717, 1.165) is 37.6 Å². The highest BCUT2D eigenvalue weighted by molar-refractivity contribution is 6.32. The molecular weight excluding hydrogens is 437 g/mol. The molecular formula is C25H26FN3O3Si. The maximum atomic E-state index is 14.6. The van der Waals surface area contributed by atoms with Crippen LogP contribution in [0.15, 0.2) is 82.4 Å². The van der Waals surface area contributed by atoms with Gasteiger partial charge in [-0.25, -0.2) is 9.18 Å². The molecule has 1 saturated heterocycles. The van der Waals surface area contributed by atoms with E-state index in [-0.39, 0.29) is 16.7 Å². The molecule has 0 saturated carbocycles. The minimum absolute atomic E-state index is 0.0246. The van der Waals surface area contributed by atoms with Gasteiger partial charge in [-0.2, -0.15) is 0 Å². The number of hydrogen-bond acceptors (Lipinski definition) is 4. The van der Waals surface area contributed by atoms with Crippen molar-refractivity contribution in [2.24, 2.45) is 0 Å². The lowest BCUT2D eigenvalue weighted by molar-refractivity contribution is 0.158. The SMILES string of the molecule is O=c1c2cc(F)c(N3CCCC3)cc2n(Cc2ccccc2)c(=O)n1O.[SiH3]c1ccccc1. The predicted molar refractivity (Wildman–Crippen MR) is 133 cm³/mol. The zero-order valence-electron chi connectivity index (χ0n) is 18.4. The molecule has 0 amide bonds. The first-order valence-electron chi connectivity index (χ1n) is 10.9. The summed E-state index contributed by atoms with van der Waals surface area (Å²) in [5, 5.41) is 11.3. The van der Waals surface area contributed by atoms with E-state index in [1.807, 2.05) is 41.3 Å². The van der Waals surface area contributed by atoms with Crippen molar-refractivity contribution in [3.63, 3.8) is 0 Å². The zero-order chi connectivity index (χ0) is 23.4. The Morgan fingerprint density at radius 1 is 0.909 bits per heavy atom. The van der Waals surface area contributed by atoms with E-state index in [4.69, 9.17) is 0 Å². The third kappa shape index (κ3) is 4.90. The van der Waals surface area contributed by atoms with Crippen LogP contribution in [-0.2, 0) is 6.54 Å². The second-order valence-electron chi connectivity index (χ2n) is 8.14. The average molecular weight is 464 g/mol. The number of nitrogens with zero attached hydrogens (tertiary/aromatic N) is 3. The molecule has 1 fully saturated rings. The maximum Gasteiger partial charge on any atom is 0.365 e. The molecule has 170 valence electrons. The molecule has 0 bridgehead atoms. The first-order chi connectivity index (χ1) is 16.0. The summed E-state index contributed by atoms with van der Waals surface area (Å²) < 4.78 is 15.9. The van der Waals surface area contributed by atoms with Crippen LogP contribution in [0.1, 0.15) is 18.4 Å². The van der Waals surface area contributed by atoms with Gasteiger partial charge in [0.05, 0.1) is 23.1 Å². The van der Waals surface area contributed by atoms with Gasteiger partial charge < -0.3 is 10.1 Å². The highest BCUT2D eigenvalue weighted by atomic mass is 28.1. The fourth-order valence-corrected chi connectivity index (χ4v) is 4.40. The number of halogens is 1. The number of rotatable bonds is 3. The normalized spacial score (nSPS) is 13.2. The van der Waals surface area contributed by atoms with E-state index in [9.17, 15) is 19.2 Å². The molecule has 6 nitrogen and oxygen atoms in total. The number of aromatic nitrogens is 2. The minimum Gasteiger partial charge on any atom is -0.421 e. The van der Waals surface area contributed by atoms with Crippen LogP contribution in [0.2, 0.25) is 0 Å². The molecule has 33 heavy (non-hydrogen) atoms. The lowest BCUT2D eigenvalue weighted by Gasteiger charge is -2.20. The van der Waals surface area contributed by atoms with E-state index in [1.54, 1.807) is 6.07 Å². The summed E-state index contributed by atoms with van der Waals surface area (Å²) in [6.45, 7) is 1.65. The van der Waals surface area contributed by atoms with Crippen molar-refractivity contribution in [2.75, 3.05) is 18.0 Å². The third-order valence-corrected chi connectivity index (χ3v) is 6.43. The molecule has 8 heteroatoms. The van der Waals surface area contributed by atoms with Crippen molar-refractivity contribution in [3.8, 4) is 0 Å². The average Bonchev–Trinajstić information content (AvgIpc) is 3.37. The third-order valence-electron chi connectivity index (χ3n) is 5.76. The molecule has 1 N–H and O–H groups in total. The van der Waals surface area contributed by atoms with Gasteiger partial charge in [-0.3, -0.25) is 9.36 Å². The molecule has 0 unspecified atom stereocenters. The highest BCUT2D eigenvalue weighted by Crippen LogP contribution is 2.27. The topological polar surface area (TPSA) is 67.5 Å². The molecule has 4 aromatic rings. The quantitative estimate of drug-likeness (QED) is 0.372. The number of benzene rings is 3. The Bertz CT molecular complexity index is 1370. The van der Waals surface area contributed by atoms with Crippen LogP contribution in [0, 0.1) is 5.82 Å². The van der Waals surface area contributed by atoms with Gasteiger partial charge in [-0.05, 0) is 30.5 Å². The van der Waals surface area contributed by atoms with Gasteiger partial charge in [0.1, 0.15) is 5.82 Å². The summed E-state index contributed by atoms with van der Waals surface area (Å²) in [6.07, 6.45) is 1.96. The number of hydrogen-bond donors (Lipinski definition) is 1. The number of fused-ring (bicyclic) bond motifs is 1. The fraction of sp³-hybridized carbons (Fsp3) is 0.200. The van der Waals surface area contributed by atoms with E-state index in [0.29, 0.717) is 11.2 Å². The molecule has 0 atom stereocenters. The van der Waals surface area contributed by atoms with E-state index in [2.05, 4.69) is 24.3 Å². The van der Waals surface area contributed by atoms with Crippen LogP contribution >= 0.6 is 0 Å². The molecule has 1 aliphatic heterocycles. The first kappa shape index (κ1) is 22.5. The summed E-state index contributed by atoms with van der Waals surface area (Å²) in [6, 6.07) is 22.4. The van der Waals surface area contributed by atoms with Gasteiger partial charge in [0.15, 0.2) is 0 Å². The van der Waals surface area contributed by atoms with Gasteiger partial charge in [-0.15, -0.1) is 0 Å². The van der Waals surface area contributed by atoms with Gasteiger partial charge in [-0.1, -0.05) is 70.6 Å². The minimum atomic E-state index is -0.916. The van der Waals surface area contributed by atoms with Crippen molar-refractivity contribution < 1.29 is 9.60 Å². The van der Waals surface area contributed by atoms with E-state index in [1.165, 1.54) is 20.0 Å². The van der Waals surface area contributed by atoms with Crippen LogP contribution in [0.3, 0.4) is 0 Å². The van der Waals surface area contributed by atoms with Crippen LogP contribution < -0.4 is 21.3 Å². The molecule has 0 radical (unpaired) electrons. The lowest BCUT2D eigenvalue weighted by atomic mass is 10.1. The number of anilines is 1. The van der Waals surface area contributed by atoms with Gasteiger partial charge in [0.2, 0.25) is 0 Å². The lowest BCUT2D eigenvalue weighted by Crippen LogP contribution is -2.39. The molecule has 0 aliphatic carbocycles. The van der Waals surface area contributed by atoms with Crippen LogP contribution in [0.25, 0.3) is 10.9 Å². The Labute approximate surface area is 193 Å². The van der Waals surface area contributed by atoms with E-state index < -0.39 is 17.1 Å². The first-order valence-corrected chi connectivity index (χ1v) is 11.9. The van der Waals surface area contributed by atoms with Crippen molar-refractivity contribution >= 4 is 32.0 Å². The molecule has 1 aliphatic rings. The molecule has 2 heterocycles. The fourth-order valence-electron chi connectivity index (χ4n) is 4.02. The predicted octanol–water partition coefficient (Wildman–Crippen LogP) is 1.87. The Hall–Kier alpha value is -3.65. The summed E-state index contributed by atoms with van der Waals surface area (Å²) in [5.41, 5.74) is -0.225. The molecule has 0 spiro atoms. The Morgan fingerprint density at radius 2 is 1.52 bits per heavy atom. The summed E-state index contributed by atoms with van der Waals surface area (Å²) in [7, 11) is 1.17. The van der Waals surface area contributed by atoms with Crippen LogP contribution in [0.4, 0.5) is 10.1 Å². The van der Waals surface area contributed by atoms with Crippen LogP contribution in [-0.4, -0.2) is 37.8 Å². The second kappa shape index (κ2) is 9.87. The van der Waals surface area contributed by atoms with Crippen LogP contribution in [0.5, 0.6) is 0 Å². The zero-order valence-corrected chi connectivity index (χ0v) is 20.4. The smallest absolute Gasteiger partial charge is 0.365 e. The Morgan fingerprint density at radius 3 is 2.09 bits per heavy atom. The standard InChI is InChI=1S/C19H18FN3O3.C6H8Si/c20-15-10-14-16(11-17(15)21-8-4-5-9-21)22(19(25)23(26)18(14)24)12-13-6-2-1-3-7-13;7-6-4-2-1-3-5-6/h1-3,6-7,10-11,26H,4-5,8-9,12H2;1-5H,7H3. The van der Waals surface area contributed by atoms with Gasteiger partial charge in [0.25, 0.3) is 5.56 Å². The van der Waals surface area contributed by atoms with Crippen molar-refractivity contribution in [1.29, 1.82) is 0 Å². The molecule has 3 aromatic carbocycles. The Balaban J connectivity index is 0.000000318. The largest absolute Gasteiger partial charge is 0.421 e. The summed E-state index contributed by atoms with van der Waals surface area (Å²) in [4.78, 5) is 26.7. The summed E-state index contributed by atoms with van der Waals surface area (Å²) >= 11 is 0. The maximum absolute atomic E-state index is 14.6. The van der Waals surface area contributed by atoms with Crippen molar-refractivity contribution in [1.82, 2.24) is 9.30 Å². The van der Waals surface area contributed by atoms with E-state index >= 15 is 0 Å². The van der Waals surface area contributed by atoms with Gasteiger partial charge >= 0.3 is 5.69 Å². The van der Waals surface area contributed by atoms with Gasteiger partial charge in [0, 0.05) is 23.3 Å². The second-order valence-corrected chi connectivity index (χ2v) is 9.30. The molecule has 1 aromatic heterocycles. The Kier molecular flexibility index (Phi) is 6.74. The highest BCUT2D eigenvalue weighted by Gasteiger charge is 2.20.